The van der Waals surface area contributed by atoms with Gasteiger partial charge in [0.1, 0.15) is 23.1 Å². The molecular formula is C30H30N4O7S2. The Morgan fingerprint density at radius 2 is 1.60 bits per heavy atom. The second-order valence-corrected chi connectivity index (χ2v) is 12.7. The molecular weight excluding hydrogens is 592 g/mol. The summed E-state index contributed by atoms with van der Waals surface area (Å²) in [6.07, 6.45) is -0.161. The van der Waals surface area contributed by atoms with Gasteiger partial charge in [0.05, 0.1) is 5.75 Å². The van der Waals surface area contributed by atoms with Crippen molar-refractivity contribution < 1.29 is 33.4 Å². The molecule has 2 saturated heterocycles. The van der Waals surface area contributed by atoms with Gasteiger partial charge in [0, 0.05) is 17.1 Å². The minimum Gasteiger partial charge on any atom is -0.451 e. The first kappa shape index (κ1) is 30.2. The number of fused-ring (bicyclic) bond motifs is 1. The fourth-order valence-corrected chi connectivity index (χ4v) is 6.62. The standard InChI is InChI=1S/C30H30N4O7S2/c1-30(2,3)41-29(39)33-21(19-14-31-43-15-19)25(36)32-22-26(37)34-23(20(35)16-42-27(22)34)28(38)40-24(17-10-6-4-7-11-17)18-12-8-5-9-13-18/h4-15,21-24,27H,16H2,1-3H3,(H,32,36)(H,33,39)/t21?,22-,23?,27+/m1/s1. The number of amides is 3. The fraction of sp³-hybridized carbons (Fsp3) is 0.333. The number of alkyl carbamates (subject to hydrolysis) is 1. The lowest BCUT2D eigenvalue weighted by Gasteiger charge is -2.51. The maximum Gasteiger partial charge on any atom is 0.408 e. The highest BCUT2D eigenvalue weighted by Gasteiger charge is 2.58. The molecule has 224 valence electrons. The molecule has 0 radical (unpaired) electrons. The number of hydrogen-bond donors (Lipinski definition) is 2. The average molecular weight is 623 g/mol. The molecule has 0 spiro atoms. The molecule has 13 heteroatoms. The third-order valence-electron chi connectivity index (χ3n) is 6.73. The molecule has 2 aromatic carbocycles. The van der Waals surface area contributed by atoms with Crippen molar-refractivity contribution >= 4 is 53.0 Å². The van der Waals surface area contributed by atoms with Gasteiger partial charge in [-0.25, -0.2) is 14.0 Å². The Morgan fingerprint density at radius 3 is 2.16 bits per heavy atom. The van der Waals surface area contributed by atoms with Gasteiger partial charge in [-0.1, -0.05) is 60.7 Å². The normalized spacial score (nSPS) is 20.5. The van der Waals surface area contributed by atoms with Gasteiger partial charge in [-0.05, 0) is 43.4 Å². The van der Waals surface area contributed by atoms with E-state index in [0.29, 0.717) is 16.7 Å². The number of aromatic nitrogens is 1. The van der Waals surface area contributed by atoms with Crippen molar-refractivity contribution in [2.45, 2.75) is 56.0 Å². The largest absolute Gasteiger partial charge is 0.451 e. The predicted molar refractivity (Wildman–Crippen MR) is 159 cm³/mol. The molecule has 3 heterocycles. The number of nitrogens with zero attached hydrogens (tertiary/aromatic N) is 2. The molecule has 0 bridgehead atoms. The monoisotopic (exact) mass is 622 g/mol. The first-order valence-electron chi connectivity index (χ1n) is 13.5. The number of ketones is 1. The quantitative estimate of drug-likeness (QED) is 0.220. The molecule has 2 N–H and O–H groups in total. The summed E-state index contributed by atoms with van der Waals surface area (Å²) in [6.45, 7) is 5.08. The van der Waals surface area contributed by atoms with Crippen LogP contribution in [0, 0.1) is 0 Å². The SMILES string of the molecule is CC(C)(C)OC(=O)NC(C(=O)N[C@@H]1C(=O)N2C(C(=O)OC(c3ccccc3)c3ccccc3)C(=O)CS[C@@H]12)c1cnsc1. The van der Waals surface area contributed by atoms with E-state index in [-0.39, 0.29) is 5.75 Å². The Balaban J connectivity index is 1.31. The summed E-state index contributed by atoms with van der Waals surface area (Å²) in [4.78, 5) is 66.9. The minimum atomic E-state index is -1.45. The Labute approximate surface area is 256 Å². The van der Waals surface area contributed by atoms with Gasteiger partial charge < -0.3 is 25.0 Å². The van der Waals surface area contributed by atoms with E-state index in [1.807, 2.05) is 60.7 Å². The first-order valence-corrected chi connectivity index (χ1v) is 15.4. The number of benzene rings is 2. The van der Waals surface area contributed by atoms with Gasteiger partial charge >= 0.3 is 12.1 Å². The van der Waals surface area contributed by atoms with Crippen LogP contribution in [0.25, 0.3) is 0 Å². The topological polar surface area (TPSA) is 144 Å². The third-order valence-corrected chi connectivity index (χ3v) is 8.62. The Kier molecular flexibility index (Phi) is 8.83. The van der Waals surface area contributed by atoms with Crippen LogP contribution in [0.3, 0.4) is 0 Å². The molecule has 1 aromatic heterocycles. The number of carbonyl (C=O) groups excluding carboxylic acids is 5. The van der Waals surface area contributed by atoms with E-state index >= 15 is 0 Å². The Bertz CT molecular complexity index is 1460. The molecule has 3 amide bonds. The lowest BCUT2D eigenvalue weighted by Crippen LogP contribution is -2.76. The van der Waals surface area contributed by atoms with Crippen molar-refractivity contribution in [1.82, 2.24) is 19.9 Å². The number of carbonyl (C=O) groups is 5. The van der Waals surface area contributed by atoms with Gasteiger partial charge in [0.25, 0.3) is 0 Å². The van der Waals surface area contributed by atoms with Crippen LogP contribution < -0.4 is 10.6 Å². The highest BCUT2D eigenvalue weighted by Crippen LogP contribution is 2.38. The molecule has 2 aliphatic rings. The zero-order chi connectivity index (χ0) is 30.7. The lowest BCUT2D eigenvalue weighted by molar-refractivity contribution is -0.170. The van der Waals surface area contributed by atoms with Crippen LogP contribution in [0.15, 0.2) is 72.2 Å². The summed E-state index contributed by atoms with van der Waals surface area (Å²) in [5.74, 6) is -2.61. The highest BCUT2D eigenvalue weighted by atomic mass is 32.2. The fourth-order valence-electron chi connectivity index (χ4n) is 4.80. The summed E-state index contributed by atoms with van der Waals surface area (Å²) < 4.78 is 15.2. The van der Waals surface area contributed by atoms with Crippen LogP contribution in [-0.2, 0) is 28.7 Å². The Hall–Kier alpha value is -4.23. The van der Waals surface area contributed by atoms with Gasteiger partial charge in [0.2, 0.25) is 11.8 Å². The first-order chi connectivity index (χ1) is 20.5. The average Bonchev–Trinajstić information content (AvgIpc) is 3.52. The van der Waals surface area contributed by atoms with Gasteiger partial charge in [0.15, 0.2) is 17.9 Å². The van der Waals surface area contributed by atoms with Crippen LogP contribution in [0.2, 0.25) is 0 Å². The number of thioether (sulfide) groups is 1. The molecule has 2 unspecified atom stereocenters. The van der Waals surface area contributed by atoms with Crippen molar-refractivity contribution in [2.24, 2.45) is 0 Å². The molecule has 43 heavy (non-hydrogen) atoms. The van der Waals surface area contributed by atoms with Gasteiger partial charge in [-0.15, -0.1) is 11.8 Å². The van der Waals surface area contributed by atoms with E-state index in [9.17, 15) is 24.0 Å². The molecule has 3 aromatic rings. The van der Waals surface area contributed by atoms with Crippen LogP contribution in [0.1, 0.15) is 49.6 Å². The van der Waals surface area contributed by atoms with Gasteiger partial charge in [-0.2, -0.15) is 0 Å². The summed E-state index contributed by atoms with van der Waals surface area (Å²) in [7, 11) is 0. The van der Waals surface area contributed by atoms with Crippen LogP contribution in [0.5, 0.6) is 0 Å². The van der Waals surface area contributed by atoms with E-state index < -0.39 is 64.9 Å². The maximum absolute atomic E-state index is 13.5. The number of hydrogen-bond acceptors (Lipinski definition) is 10. The third kappa shape index (κ3) is 6.73. The number of ether oxygens (including phenoxy) is 2. The van der Waals surface area contributed by atoms with Crippen LogP contribution >= 0.6 is 23.3 Å². The van der Waals surface area contributed by atoms with E-state index in [4.69, 9.17) is 9.47 Å². The van der Waals surface area contributed by atoms with Crippen molar-refractivity contribution in [1.29, 1.82) is 0 Å². The molecule has 0 aliphatic carbocycles. The zero-order valence-corrected chi connectivity index (χ0v) is 25.2. The molecule has 2 aliphatic heterocycles. The van der Waals surface area contributed by atoms with E-state index in [1.165, 1.54) is 11.1 Å². The summed E-state index contributed by atoms with van der Waals surface area (Å²) >= 11 is 2.25. The molecule has 0 saturated carbocycles. The van der Waals surface area contributed by atoms with E-state index in [1.54, 1.807) is 26.2 Å². The zero-order valence-electron chi connectivity index (χ0n) is 23.6. The molecule has 4 atom stereocenters. The van der Waals surface area contributed by atoms with Crippen molar-refractivity contribution in [3.05, 3.63) is 88.9 Å². The molecule has 11 nitrogen and oxygen atoms in total. The van der Waals surface area contributed by atoms with Crippen molar-refractivity contribution in [3.63, 3.8) is 0 Å². The second-order valence-electron chi connectivity index (χ2n) is 11.0. The number of nitrogens with one attached hydrogen (secondary N) is 2. The predicted octanol–water partition coefficient (Wildman–Crippen LogP) is 3.38. The maximum atomic E-state index is 13.5. The highest BCUT2D eigenvalue weighted by molar-refractivity contribution is 8.00. The smallest absolute Gasteiger partial charge is 0.408 e. The van der Waals surface area contributed by atoms with Crippen LogP contribution in [0.4, 0.5) is 4.79 Å². The van der Waals surface area contributed by atoms with E-state index in [2.05, 4.69) is 15.0 Å². The van der Waals surface area contributed by atoms with Crippen molar-refractivity contribution in [3.8, 4) is 0 Å². The summed E-state index contributed by atoms with van der Waals surface area (Å²) in [5, 5.41) is 6.14. The summed E-state index contributed by atoms with van der Waals surface area (Å²) in [6, 6.07) is 14.6. The molecule has 5 rings (SSSR count). The number of esters is 1. The second kappa shape index (κ2) is 12.6. The van der Waals surface area contributed by atoms with Crippen molar-refractivity contribution in [2.75, 3.05) is 5.75 Å². The minimum absolute atomic E-state index is 0.0457. The summed E-state index contributed by atoms with van der Waals surface area (Å²) in [5.41, 5.74) is 1.04. The molecule has 2 fully saturated rings. The number of Topliss-reactive ketones (excluding diaryl/α,β-unsaturated/α-hetero) is 1. The van der Waals surface area contributed by atoms with Crippen LogP contribution in [-0.4, -0.2) is 67.7 Å². The number of rotatable bonds is 8. The van der Waals surface area contributed by atoms with Gasteiger partial charge in [-0.3, -0.25) is 14.4 Å². The lowest BCUT2D eigenvalue weighted by atomic mass is 9.98. The van der Waals surface area contributed by atoms with E-state index in [0.717, 1.165) is 23.3 Å². The Morgan fingerprint density at radius 1 is 0.977 bits per heavy atom. The number of β-lactam (4-membered cyclic amide) rings is 1.